The van der Waals surface area contributed by atoms with Crippen molar-refractivity contribution in [3.05, 3.63) is 11.9 Å². The van der Waals surface area contributed by atoms with Crippen LogP contribution in [0.15, 0.2) is 6.20 Å². The van der Waals surface area contributed by atoms with E-state index in [9.17, 15) is 9.59 Å². The van der Waals surface area contributed by atoms with Gasteiger partial charge in [-0.3, -0.25) is 4.79 Å². The van der Waals surface area contributed by atoms with Crippen molar-refractivity contribution >= 4 is 12.0 Å². The quantitative estimate of drug-likeness (QED) is 0.589. The van der Waals surface area contributed by atoms with Crippen LogP contribution in [0.25, 0.3) is 0 Å². The summed E-state index contributed by atoms with van der Waals surface area (Å²) >= 11 is 0. The Morgan fingerprint density at radius 3 is 2.90 bits per heavy atom. The molecule has 0 aliphatic carbocycles. The van der Waals surface area contributed by atoms with Gasteiger partial charge in [0.2, 0.25) is 0 Å². The van der Waals surface area contributed by atoms with Crippen LogP contribution < -0.4 is 10.6 Å². The second-order valence-electron chi connectivity index (χ2n) is 4.57. The summed E-state index contributed by atoms with van der Waals surface area (Å²) in [5, 5.41) is 21.5. The van der Waals surface area contributed by atoms with Gasteiger partial charge in [-0.25, -0.2) is 9.48 Å². The average Bonchev–Trinajstić information content (AvgIpc) is 2.84. The number of aliphatic carboxylic acids is 1. The first-order valence-corrected chi connectivity index (χ1v) is 6.69. The van der Waals surface area contributed by atoms with E-state index in [1.165, 1.54) is 10.9 Å². The Morgan fingerprint density at radius 1 is 1.52 bits per heavy atom. The summed E-state index contributed by atoms with van der Waals surface area (Å²) in [6, 6.07) is -0.360. The molecule has 0 radical (unpaired) electrons. The molecule has 21 heavy (non-hydrogen) atoms. The van der Waals surface area contributed by atoms with Crippen LogP contribution in [0.3, 0.4) is 0 Å². The Kier molecular flexibility index (Phi) is 7.16. The summed E-state index contributed by atoms with van der Waals surface area (Å²) in [7, 11) is 1.59. The fourth-order valence-corrected chi connectivity index (χ4v) is 1.79. The van der Waals surface area contributed by atoms with Gasteiger partial charge in [0.1, 0.15) is 12.2 Å². The first-order chi connectivity index (χ1) is 10.0. The standard InChI is InChI=1S/C12H21N5O4/c1-3-4-9(8-21-2)14-12(20)13-5-10-6-17(16-15-10)7-11(18)19/h6,9H,3-5,7-8H2,1-2H3,(H,18,19)(H2,13,14,20). The summed E-state index contributed by atoms with van der Waals surface area (Å²) < 4.78 is 6.23. The number of hydrogen-bond acceptors (Lipinski definition) is 5. The Balaban J connectivity index is 2.37. The van der Waals surface area contributed by atoms with E-state index in [0.29, 0.717) is 12.3 Å². The van der Waals surface area contributed by atoms with E-state index in [1.54, 1.807) is 7.11 Å². The van der Waals surface area contributed by atoms with Gasteiger partial charge in [-0.15, -0.1) is 5.10 Å². The molecule has 0 aromatic carbocycles. The number of nitrogens with zero attached hydrogens (tertiary/aromatic N) is 3. The van der Waals surface area contributed by atoms with Crippen molar-refractivity contribution in [2.24, 2.45) is 0 Å². The maximum atomic E-state index is 11.7. The number of nitrogens with one attached hydrogen (secondary N) is 2. The first-order valence-electron chi connectivity index (χ1n) is 6.69. The minimum absolute atomic E-state index is 0.0392. The molecule has 118 valence electrons. The molecule has 0 bridgehead atoms. The smallest absolute Gasteiger partial charge is 0.325 e. The van der Waals surface area contributed by atoms with E-state index in [4.69, 9.17) is 9.84 Å². The number of carboxylic acid groups (broad SMARTS) is 1. The van der Waals surface area contributed by atoms with E-state index in [0.717, 1.165) is 12.8 Å². The second kappa shape index (κ2) is 8.90. The molecule has 1 rings (SSSR count). The monoisotopic (exact) mass is 299 g/mol. The summed E-state index contributed by atoms with van der Waals surface area (Å²) in [6.45, 7) is 2.40. The molecule has 3 N–H and O–H groups in total. The lowest BCUT2D eigenvalue weighted by atomic mass is 10.2. The zero-order valence-electron chi connectivity index (χ0n) is 12.2. The highest BCUT2D eigenvalue weighted by atomic mass is 16.5. The van der Waals surface area contributed by atoms with Crippen LogP contribution in [-0.2, 0) is 22.6 Å². The topological polar surface area (TPSA) is 118 Å². The number of urea groups is 1. The number of amides is 2. The van der Waals surface area contributed by atoms with Gasteiger partial charge in [0.25, 0.3) is 0 Å². The SMILES string of the molecule is CCCC(COC)NC(=O)NCc1cn(CC(=O)O)nn1. The second-order valence-corrected chi connectivity index (χ2v) is 4.57. The molecule has 2 amide bonds. The number of rotatable bonds is 9. The molecular formula is C12H21N5O4. The summed E-state index contributed by atoms with van der Waals surface area (Å²) in [6.07, 6.45) is 3.25. The third-order valence-corrected chi connectivity index (χ3v) is 2.65. The Morgan fingerprint density at radius 2 is 2.29 bits per heavy atom. The van der Waals surface area contributed by atoms with Crippen LogP contribution >= 0.6 is 0 Å². The van der Waals surface area contributed by atoms with E-state index in [2.05, 4.69) is 20.9 Å². The van der Waals surface area contributed by atoms with E-state index < -0.39 is 5.97 Å². The molecule has 1 heterocycles. The summed E-state index contributed by atoms with van der Waals surface area (Å²) in [5.74, 6) is -1.00. The molecule has 0 aliphatic rings. The molecule has 0 spiro atoms. The average molecular weight is 299 g/mol. The van der Waals surface area contributed by atoms with Gasteiger partial charge in [-0.1, -0.05) is 18.6 Å². The van der Waals surface area contributed by atoms with Crippen molar-refractivity contribution in [2.45, 2.75) is 38.9 Å². The Bertz CT molecular complexity index is 456. The van der Waals surface area contributed by atoms with Gasteiger partial charge in [0.15, 0.2) is 0 Å². The van der Waals surface area contributed by atoms with Crippen LogP contribution in [-0.4, -0.2) is 51.9 Å². The Hall–Kier alpha value is -2.16. The number of hydrogen-bond donors (Lipinski definition) is 3. The molecule has 0 aliphatic heterocycles. The molecule has 0 saturated heterocycles. The van der Waals surface area contributed by atoms with Crippen LogP contribution in [0.5, 0.6) is 0 Å². The fourth-order valence-electron chi connectivity index (χ4n) is 1.79. The van der Waals surface area contributed by atoms with E-state index >= 15 is 0 Å². The number of carbonyl (C=O) groups excluding carboxylic acids is 1. The van der Waals surface area contributed by atoms with Crippen molar-refractivity contribution in [1.29, 1.82) is 0 Å². The lowest BCUT2D eigenvalue weighted by molar-refractivity contribution is -0.137. The molecular weight excluding hydrogens is 278 g/mol. The van der Waals surface area contributed by atoms with Crippen molar-refractivity contribution in [2.75, 3.05) is 13.7 Å². The van der Waals surface area contributed by atoms with Crippen molar-refractivity contribution in [1.82, 2.24) is 25.6 Å². The van der Waals surface area contributed by atoms with Crippen molar-refractivity contribution < 1.29 is 19.4 Å². The zero-order chi connectivity index (χ0) is 15.7. The van der Waals surface area contributed by atoms with Crippen molar-refractivity contribution in [3.8, 4) is 0 Å². The van der Waals surface area contributed by atoms with Gasteiger partial charge in [0, 0.05) is 7.11 Å². The number of aromatic nitrogens is 3. The minimum Gasteiger partial charge on any atom is -0.480 e. The third kappa shape index (κ3) is 6.70. The normalized spacial score (nSPS) is 11.9. The molecule has 0 saturated carbocycles. The molecule has 1 aromatic heterocycles. The highest BCUT2D eigenvalue weighted by Crippen LogP contribution is 1.97. The Labute approximate surface area is 122 Å². The predicted octanol–water partition coefficient (Wildman–Crippen LogP) is -0.0230. The van der Waals surface area contributed by atoms with Gasteiger partial charge < -0.3 is 20.5 Å². The third-order valence-electron chi connectivity index (χ3n) is 2.65. The maximum Gasteiger partial charge on any atom is 0.325 e. The number of methoxy groups -OCH3 is 1. The van der Waals surface area contributed by atoms with Crippen LogP contribution in [0.4, 0.5) is 4.79 Å². The number of carboxylic acids is 1. The largest absolute Gasteiger partial charge is 0.480 e. The molecule has 1 atom stereocenters. The minimum atomic E-state index is -1.00. The first kappa shape index (κ1) is 16.9. The number of ether oxygens (including phenoxy) is 1. The lowest BCUT2D eigenvalue weighted by Crippen LogP contribution is -2.43. The highest BCUT2D eigenvalue weighted by Gasteiger charge is 2.11. The molecule has 1 unspecified atom stereocenters. The molecule has 1 aromatic rings. The van der Waals surface area contributed by atoms with Crippen LogP contribution in [0.1, 0.15) is 25.5 Å². The number of carbonyl (C=O) groups is 2. The van der Waals surface area contributed by atoms with E-state index in [1.807, 2.05) is 6.92 Å². The lowest BCUT2D eigenvalue weighted by Gasteiger charge is -2.17. The summed E-state index contributed by atoms with van der Waals surface area (Å²) in [5.41, 5.74) is 0.491. The van der Waals surface area contributed by atoms with Gasteiger partial charge in [0.05, 0.1) is 25.4 Å². The predicted molar refractivity (Wildman–Crippen MR) is 73.6 cm³/mol. The zero-order valence-corrected chi connectivity index (χ0v) is 12.2. The van der Waals surface area contributed by atoms with Gasteiger partial charge >= 0.3 is 12.0 Å². The van der Waals surface area contributed by atoms with Crippen LogP contribution in [0, 0.1) is 0 Å². The molecule has 0 fully saturated rings. The van der Waals surface area contributed by atoms with Gasteiger partial charge in [-0.05, 0) is 6.42 Å². The fraction of sp³-hybridized carbons (Fsp3) is 0.667. The van der Waals surface area contributed by atoms with E-state index in [-0.39, 0.29) is 25.2 Å². The van der Waals surface area contributed by atoms with Crippen LogP contribution in [0.2, 0.25) is 0 Å². The summed E-state index contributed by atoms with van der Waals surface area (Å²) in [4.78, 5) is 22.2. The van der Waals surface area contributed by atoms with Crippen molar-refractivity contribution in [3.63, 3.8) is 0 Å². The molecule has 9 nitrogen and oxygen atoms in total. The van der Waals surface area contributed by atoms with Gasteiger partial charge in [-0.2, -0.15) is 0 Å². The highest BCUT2D eigenvalue weighted by molar-refractivity contribution is 5.74. The maximum absolute atomic E-state index is 11.7. The molecule has 9 heteroatoms.